The van der Waals surface area contributed by atoms with Crippen molar-refractivity contribution >= 4 is 21.8 Å². The number of nitrogens with zero attached hydrogens (tertiary/aromatic N) is 1. The van der Waals surface area contributed by atoms with E-state index in [0.29, 0.717) is 5.91 Å². The highest BCUT2D eigenvalue weighted by molar-refractivity contribution is 9.09. The Morgan fingerprint density at radius 2 is 2.14 bits per heavy atom. The van der Waals surface area contributed by atoms with Crippen LogP contribution < -0.4 is 0 Å². The first kappa shape index (κ1) is 12.0. The van der Waals surface area contributed by atoms with Gasteiger partial charge in [-0.2, -0.15) is 0 Å². The Morgan fingerprint density at radius 1 is 1.43 bits per heavy atom. The lowest BCUT2D eigenvalue weighted by Gasteiger charge is -2.31. The fraction of sp³-hybridized carbons (Fsp3) is 0.909. The predicted molar refractivity (Wildman–Crippen MR) is 62.7 cm³/mol. The minimum absolute atomic E-state index is 0.103. The number of halogens is 1. The third-order valence-corrected chi connectivity index (χ3v) is 3.54. The summed E-state index contributed by atoms with van der Waals surface area (Å²) in [5, 5.41) is 1.00. The van der Waals surface area contributed by atoms with Crippen LogP contribution in [0, 0.1) is 0 Å². The quantitative estimate of drug-likeness (QED) is 0.563. The molecule has 0 saturated carbocycles. The molecule has 1 saturated heterocycles. The number of carbonyl (C=O) groups is 1. The van der Waals surface area contributed by atoms with Gasteiger partial charge in [-0.15, -0.1) is 0 Å². The lowest BCUT2D eigenvalue weighted by atomic mass is 10.0. The van der Waals surface area contributed by atoms with Crippen LogP contribution in [0.1, 0.15) is 46.0 Å². The van der Waals surface area contributed by atoms with Gasteiger partial charge in [0.15, 0.2) is 0 Å². The molecular weight excluding hydrogens is 242 g/mol. The first-order valence-corrected chi connectivity index (χ1v) is 6.56. The van der Waals surface area contributed by atoms with Crippen molar-refractivity contribution in [2.45, 2.75) is 51.5 Å². The summed E-state index contributed by atoms with van der Waals surface area (Å²) < 4.78 is 0. The molecule has 0 aromatic heterocycles. The summed E-state index contributed by atoms with van der Waals surface area (Å²) in [6.45, 7) is 5.30. The maximum Gasteiger partial charge on any atom is 0.223 e. The molecule has 0 aromatic carbocycles. The van der Waals surface area contributed by atoms with Crippen molar-refractivity contribution in [2.24, 2.45) is 0 Å². The molecule has 2 nitrogen and oxygen atoms in total. The van der Waals surface area contributed by atoms with Crippen LogP contribution in [0.15, 0.2) is 0 Å². The highest BCUT2D eigenvalue weighted by Gasteiger charge is 2.34. The van der Waals surface area contributed by atoms with Crippen LogP contribution in [-0.4, -0.2) is 28.2 Å². The molecule has 3 heteroatoms. The molecule has 1 amide bonds. The minimum atomic E-state index is 0.103. The predicted octanol–water partition coefficient (Wildman–Crippen LogP) is 2.95. The summed E-state index contributed by atoms with van der Waals surface area (Å²) in [7, 11) is 0. The molecule has 0 unspecified atom stereocenters. The molecule has 0 N–H and O–H groups in total. The van der Waals surface area contributed by atoms with E-state index in [9.17, 15) is 4.79 Å². The fourth-order valence-electron chi connectivity index (χ4n) is 2.08. The Labute approximate surface area is 95.2 Å². The van der Waals surface area contributed by atoms with Gasteiger partial charge in [-0.1, -0.05) is 15.9 Å². The molecule has 0 spiro atoms. The van der Waals surface area contributed by atoms with Gasteiger partial charge >= 0.3 is 0 Å². The second kappa shape index (κ2) is 5.15. The van der Waals surface area contributed by atoms with Gasteiger partial charge < -0.3 is 4.90 Å². The number of unbranched alkanes of at least 4 members (excludes halogenated alkanes) is 1. The fourth-order valence-corrected chi connectivity index (χ4v) is 2.47. The van der Waals surface area contributed by atoms with Gasteiger partial charge in [0.2, 0.25) is 5.91 Å². The molecule has 1 aliphatic heterocycles. The highest BCUT2D eigenvalue weighted by Crippen LogP contribution is 2.28. The van der Waals surface area contributed by atoms with Gasteiger partial charge in [-0.25, -0.2) is 0 Å². The standard InChI is InChI=1S/C11H20BrNO/c1-11(2)7-5-9-13(11)10(14)6-3-4-8-12/h3-9H2,1-2H3. The van der Waals surface area contributed by atoms with Crippen molar-refractivity contribution in [1.82, 2.24) is 4.90 Å². The zero-order valence-electron chi connectivity index (χ0n) is 9.18. The van der Waals surface area contributed by atoms with Crippen molar-refractivity contribution in [3.05, 3.63) is 0 Å². The van der Waals surface area contributed by atoms with Crippen molar-refractivity contribution in [1.29, 1.82) is 0 Å². The number of carbonyl (C=O) groups excluding carboxylic acids is 1. The van der Waals surface area contributed by atoms with Gasteiger partial charge in [0.05, 0.1) is 0 Å². The van der Waals surface area contributed by atoms with E-state index in [1.54, 1.807) is 0 Å². The Hall–Kier alpha value is -0.0500. The van der Waals surface area contributed by atoms with Crippen molar-refractivity contribution in [3.8, 4) is 0 Å². The molecule has 14 heavy (non-hydrogen) atoms. The molecule has 1 rings (SSSR count). The van der Waals surface area contributed by atoms with Crippen molar-refractivity contribution in [2.75, 3.05) is 11.9 Å². The first-order chi connectivity index (χ1) is 6.58. The van der Waals surface area contributed by atoms with Crippen LogP contribution in [0.3, 0.4) is 0 Å². The van der Waals surface area contributed by atoms with Gasteiger partial charge in [-0.05, 0) is 39.5 Å². The number of alkyl halides is 1. The average Bonchev–Trinajstić information content (AvgIpc) is 2.45. The summed E-state index contributed by atoms with van der Waals surface area (Å²) >= 11 is 3.38. The van der Waals surface area contributed by atoms with Gasteiger partial charge in [0, 0.05) is 23.8 Å². The zero-order valence-corrected chi connectivity index (χ0v) is 10.8. The van der Waals surface area contributed by atoms with Crippen LogP contribution in [-0.2, 0) is 4.79 Å². The monoisotopic (exact) mass is 261 g/mol. The Balaban J connectivity index is 2.36. The molecule has 0 aliphatic carbocycles. The second-order valence-corrected chi connectivity index (χ2v) is 5.40. The number of amides is 1. The van der Waals surface area contributed by atoms with Gasteiger partial charge in [0.1, 0.15) is 0 Å². The van der Waals surface area contributed by atoms with E-state index < -0.39 is 0 Å². The zero-order chi connectivity index (χ0) is 10.6. The van der Waals surface area contributed by atoms with Crippen molar-refractivity contribution in [3.63, 3.8) is 0 Å². The summed E-state index contributed by atoms with van der Waals surface area (Å²) in [4.78, 5) is 13.9. The number of hydrogen-bond acceptors (Lipinski definition) is 1. The number of likely N-dealkylation sites (tertiary alicyclic amines) is 1. The molecule has 0 atom stereocenters. The molecule has 1 aliphatic rings. The van der Waals surface area contributed by atoms with Crippen LogP contribution in [0.5, 0.6) is 0 Å². The topological polar surface area (TPSA) is 20.3 Å². The summed E-state index contributed by atoms with van der Waals surface area (Å²) in [5.74, 6) is 0.341. The molecule has 1 heterocycles. The molecule has 0 aromatic rings. The highest BCUT2D eigenvalue weighted by atomic mass is 79.9. The maximum atomic E-state index is 11.8. The minimum Gasteiger partial charge on any atom is -0.338 e. The Bertz CT molecular complexity index is 203. The van der Waals surface area contributed by atoms with E-state index in [1.807, 2.05) is 0 Å². The van der Waals surface area contributed by atoms with E-state index >= 15 is 0 Å². The van der Waals surface area contributed by atoms with E-state index in [4.69, 9.17) is 0 Å². The maximum absolute atomic E-state index is 11.8. The lowest BCUT2D eigenvalue weighted by molar-refractivity contribution is -0.134. The number of hydrogen-bond donors (Lipinski definition) is 0. The van der Waals surface area contributed by atoms with Crippen LogP contribution in [0.2, 0.25) is 0 Å². The van der Waals surface area contributed by atoms with Crippen LogP contribution in [0.4, 0.5) is 0 Å². The lowest BCUT2D eigenvalue weighted by Crippen LogP contribution is -2.42. The van der Waals surface area contributed by atoms with E-state index in [0.717, 1.165) is 44.0 Å². The van der Waals surface area contributed by atoms with E-state index in [-0.39, 0.29) is 5.54 Å². The van der Waals surface area contributed by atoms with E-state index in [1.165, 1.54) is 0 Å². The summed E-state index contributed by atoms with van der Waals surface area (Å²) in [5.41, 5.74) is 0.103. The molecule has 0 radical (unpaired) electrons. The SMILES string of the molecule is CC1(C)CCCN1C(=O)CCCCBr. The molecule has 1 fully saturated rings. The Morgan fingerprint density at radius 3 is 2.64 bits per heavy atom. The van der Waals surface area contributed by atoms with E-state index in [2.05, 4.69) is 34.7 Å². The Kier molecular flexibility index (Phi) is 4.42. The third-order valence-electron chi connectivity index (χ3n) is 2.98. The first-order valence-electron chi connectivity index (χ1n) is 5.44. The molecule has 82 valence electrons. The summed E-state index contributed by atoms with van der Waals surface area (Å²) in [6, 6.07) is 0. The van der Waals surface area contributed by atoms with Gasteiger partial charge in [0.25, 0.3) is 0 Å². The third kappa shape index (κ3) is 2.97. The summed E-state index contributed by atoms with van der Waals surface area (Å²) in [6.07, 6.45) is 5.14. The smallest absolute Gasteiger partial charge is 0.223 e. The largest absolute Gasteiger partial charge is 0.338 e. The van der Waals surface area contributed by atoms with Crippen LogP contribution >= 0.6 is 15.9 Å². The molecule has 0 bridgehead atoms. The second-order valence-electron chi connectivity index (χ2n) is 4.61. The number of rotatable bonds is 4. The van der Waals surface area contributed by atoms with Gasteiger partial charge in [-0.3, -0.25) is 4.79 Å². The normalized spacial score (nSPS) is 20.1. The average molecular weight is 262 g/mol. The van der Waals surface area contributed by atoms with Crippen molar-refractivity contribution < 1.29 is 4.79 Å². The molecular formula is C11H20BrNO. The van der Waals surface area contributed by atoms with Crippen LogP contribution in [0.25, 0.3) is 0 Å².